The second-order valence-corrected chi connectivity index (χ2v) is 6.59. The summed E-state index contributed by atoms with van der Waals surface area (Å²) in [4.78, 5) is 0. The number of hydrogen-bond donors (Lipinski definition) is 3. The molecule has 0 aromatic heterocycles. The third-order valence-electron chi connectivity index (χ3n) is 4.46. The van der Waals surface area contributed by atoms with Crippen LogP contribution in [0.1, 0.15) is 64.7 Å². The fourth-order valence-corrected chi connectivity index (χ4v) is 3.01. The molecule has 0 aromatic rings. The van der Waals surface area contributed by atoms with Crippen molar-refractivity contribution in [2.45, 2.75) is 89.1 Å². The zero-order valence-electron chi connectivity index (χ0n) is 15.1. The van der Waals surface area contributed by atoms with Crippen LogP contribution >= 0.6 is 0 Å². The van der Waals surface area contributed by atoms with Gasteiger partial charge in [-0.05, 0) is 25.7 Å². The quantitative estimate of drug-likeness (QED) is 0.333. The summed E-state index contributed by atoms with van der Waals surface area (Å²) in [5.74, 6) is 0. The van der Waals surface area contributed by atoms with Crippen LogP contribution in [0.25, 0.3) is 0 Å². The lowest BCUT2D eigenvalue weighted by Crippen LogP contribution is -2.42. The molecule has 0 spiro atoms. The molecular formula is C19H36O5. The standard InChI is InChI=1S/C19H36O5/c1-2-3-4-5-6-7-8-9-10-11-12-13-23-19-17(22)15-24-18(19)16(21)14-20/h3-4,16-22H,2,5-15H2,1H3/b4-3+/t16-,17+,18-,19-/m1/s1. The number of aliphatic hydroxyl groups is 3. The largest absolute Gasteiger partial charge is 0.394 e. The fourth-order valence-electron chi connectivity index (χ4n) is 3.01. The molecule has 142 valence electrons. The average Bonchev–Trinajstić information content (AvgIpc) is 2.96. The predicted octanol–water partition coefficient (Wildman–Crippen LogP) is 2.57. The maximum Gasteiger partial charge on any atom is 0.114 e. The highest BCUT2D eigenvalue weighted by atomic mass is 16.6. The molecule has 0 amide bonds. The zero-order chi connectivity index (χ0) is 17.6. The predicted molar refractivity (Wildman–Crippen MR) is 94.9 cm³/mol. The summed E-state index contributed by atoms with van der Waals surface area (Å²) >= 11 is 0. The van der Waals surface area contributed by atoms with Gasteiger partial charge in [0.1, 0.15) is 24.4 Å². The molecule has 5 heteroatoms. The first-order valence-electron chi connectivity index (χ1n) is 9.55. The Kier molecular flexibility index (Phi) is 12.4. The second-order valence-electron chi connectivity index (χ2n) is 6.59. The molecule has 1 saturated heterocycles. The van der Waals surface area contributed by atoms with E-state index in [0.717, 1.165) is 19.3 Å². The molecule has 1 heterocycles. The smallest absolute Gasteiger partial charge is 0.114 e. The Hall–Kier alpha value is -0.460. The summed E-state index contributed by atoms with van der Waals surface area (Å²) in [6.07, 6.45) is 12.4. The maximum absolute atomic E-state index is 9.83. The molecule has 5 nitrogen and oxygen atoms in total. The van der Waals surface area contributed by atoms with E-state index in [1.807, 2.05) is 0 Å². The average molecular weight is 344 g/mol. The molecule has 0 aliphatic carbocycles. The van der Waals surface area contributed by atoms with Crippen LogP contribution in [0.4, 0.5) is 0 Å². The molecule has 1 rings (SSSR count). The van der Waals surface area contributed by atoms with Crippen molar-refractivity contribution in [2.24, 2.45) is 0 Å². The van der Waals surface area contributed by atoms with E-state index < -0.39 is 24.4 Å². The third-order valence-corrected chi connectivity index (χ3v) is 4.46. The first kappa shape index (κ1) is 21.6. The first-order chi connectivity index (χ1) is 11.7. The van der Waals surface area contributed by atoms with Crippen molar-refractivity contribution in [3.05, 3.63) is 12.2 Å². The van der Waals surface area contributed by atoms with Crippen LogP contribution in [0.5, 0.6) is 0 Å². The molecule has 0 radical (unpaired) electrons. The lowest BCUT2D eigenvalue weighted by molar-refractivity contribution is -0.0938. The number of unbranched alkanes of at least 4 members (excludes halogenated alkanes) is 7. The van der Waals surface area contributed by atoms with Gasteiger partial charge in [0.05, 0.1) is 13.2 Å². The highest BCUT2D eigenvalue weighted by Gasteiger charge is 2.40. The molecule has 1 aliphatic heterocycles. The molecule has 1 aliphatic rings. The summed E-state index contributed by atoms with van der Waals surface area (Å²) < 4.78 is 11.0. The summed E-state index contributed by atoms with van der Waals surface area (Å²) in [6, 6.07) is 0. The molecule has 0 saturated carbocycles. The lowest BCUT2D eigenvalue weighted by atomic mass is 10.1. The van der Waals surface area contributed by atoms with Gasteiger partial charge in [-0.1, -0.05) is 51.2 Å². The monoisotopic (exact) mass is 344 g/mol. The minimum Gasteiger partial charge on any atom is -0.394 e. The lowest BCUT2D eigenvalue weighted by Gasteiger charge is -2.23. The van der Waals surface area contributed by atoms with Crippen molar-refractivity contribution < 1.29 is 24.8 Å². The molecular weight excluding hydrogens is 308 g/mol. The van der Waals surface area contributed by atoms with Crippen molar-refractivity contribution in [1.29, 1.82) is 0 Å². The van der Waals surface area contributed by atoms with E-state index in [-0.39, 0.29) is 13.2 Å². The number of aliphatic hydroxyl groups excluding tert-OH is 3. The van der Waals surface area contributed by atoms with E-state index in [1.54, 1.807) is 0 Å². The third kappa shape index (κ3) is 8.58. The molecule has 4 atom stereocenters. The molecule has 24 heavy (non-hydrogen) atoms. The molecule has 3 N–H and O–H groups in total. The SMILES string of the molecule is CC/C=C/CCCCCCCCCO[C@H]1[C@@H]([C@H](O)CO)OC[C@@H]1O. The van der Waals surface area contributed by atoms with Gasteiger partial charge in [-0.2, -0.15) is 0 Å². The normalized spacial score (nSPS) is 25.6. The summed E-state index contributed by atoms with van der Waals surface area (Å²) in [7, 11) is 0. The van der Waals surface area contributed by atoms with Gasteiger partial charge < -0.3 is 24.8 Å². The van der Waals surface area contributed by atoms with E-state index in [1.165, 1.54) is 38.5 Å². The van der Waals surface area contributed by atoms with Crippen molar-refractivity contribution in [3.63, 3.8) is 0 Å². The van der Waals surface area contributed by atoms with Crippen molar-refractivity contribution >= 4 is 0 Å². The highest BCUT2D eigenvalue weighted by molar-refractivity contribution is 4.89. The Morgan fingerprint density at radius 1 is 1.08 bits per heavy atom. The highest BCUT2D eigenvalue weighted by Crippen LogP contribution is 2.21. The number of rotatable bonds is 14. The van der Waals surface area contributed by atoms with Gasteiger partial charge in [0.2, 0.25) is 0 Å². The number of hydrogen-bond acceptors (Lipinski definition) is 5. The molecule has 0 unspecified atom stereocenters. The van der Waals surface area contributed by atoms with Gasteiger partial charge in [-0.15, -0.1) is 0 Å². The van der Waals surface area contributed by atoms with Crippen LogP contribution in [-0.4, -0.2) is 59.6 Å². The van der Waals surface area contributed by atoms with Gasteiger partial charge in [-0.3, -0.25) is 0 Å². The second kappa shape index (κ2) is 13.8. The topological polar surface area (TPSA) is 79.2 Å². The van der Waals surface area contributed by atoms with Crippen LogP contribution in [-0.2, 0) is 9.47 Å². The molecule has 0 bridgehead atoms. The van der Waals surface area contributed by atoms with Crippen LogP contribution in [0.2, 0.25) is 0 Å². The fraction of sp³-hybridized carbons (Fsp3) is 0.895. The van der Waals surface area contributed by atoms with Crippen LogP contribution < -0.4 is 0 Å². The van der Waals surface area contributed by atoms with Crippen molar-refractivity contribution in [1.82, 2.24) is 0 Å². The Morgan fingerprint density at radius 2 is 1.75 bits per heavy atom. The zero-order valence-corrected chi connectivity index (χ0v) is 15.1. The van der Waals surface area contributed by atoms with Gasteiger partial charge in [0.15, 0.2) is 0 Å². The number of ether oxygens (including phenoxy) is 2. The first-order valence-corrected chi connectivity index (χ1v) is 9.55. The maximum atomic E-state index is 9.83. The van der Waals surface area contributed by atoms with Gasteiger partial charge in [-0.25, -0.2) is 0 Å². The number of allylic oxidation sites excluding steroid dienone is 2. The summed E-state index contributed by atoms with van der Waals surface area (Å²) in [6.45, 7) is 2.49. The van der Waals surface area contributed by atoms with E-state index in [9.17, 15) is 10.2 Å². The Morgan fingerprint density at radius 3 is 2.42 bits per heavy atom. The Balaban J connectivity index is 1.97. The minimum atomic E-state index is -1.00. The van der Waals surface area contributed by atoms with Crippen molar-refractivity contribution in [3.8, 4) is 0 Å². The summed E-state index contributed by atoms with van der Waals surface area (Å²) in [5.41, 5.74) is 0. The minimum absolute atomic E-state index is 0.153. The van der Waals surface area contributed by atoms with Crippen molar-refractivity contribution in [2.75, 3.05) is 19.8 Å². The Labute approximate surface area is 146 Å². The Bertz CT molecular complexity index is 321. The summed E-state index contributed by atoms with van der Waals surface area (Å²) in [5, 5.41) is 28.5. The van der Waals surface area contributed by atoms with Crippen LogP contribution in [0, 0.1) is 0 Å². The van der Waals surface area contributed by atoms with Crippen LogP contribution in [0.3, 0.4) is 0 Å². The van der Waals surface area contributed by atoms with E-state index in [2.05, 4.69) is 19.1 Å². The molecule has 0 aromatic carbocycles. The van der Waals surface area contributed by atoms with Crippen LogP contribution in [0.15, 0.2) is 12.2 Å². The van der Waals surface area contributed by atoms with Gasteiger partial charge in [0.25, 0.3) is 0 Å². The van der Waals surface area contributed by atoms with Gasteiger partial charge in [0, 0.05) is 6.61 Å². The molecule has 1 fully saturated rings. The van der Waals surface area contributed by atoms with E-state index in [0.29, 0.717) is 6.61 Å². The van der Waals surface area contributed by atoms with E-state index in [4.69, 9.17) is 14.6 Å². The van der Waals surface area contributed by atoms with Gasteiger partial charge >= 0.3 is 0 Å². The van der Waals surface area contributed by atoms with E-state index >= 15 is 0 Å².